The normalized spacial score (nSPS) is 10.7. The van der Waals surface area contributed by atoms with E-state index in [1.165, 1.54) is 16.9 Å². The molecule has 2 heterocycles. The zero-order valence-electron chi connectivity index (χ0n) is 11.0. The summed E-state index contributed by atoms with van der Waals surface area (Å²) in [7, 11) is 0. The maximum atomic E-state index is 5.86. The SMILES string of the molecule is Cc1ccc(-n2cccc2)c(NCc2cnc(Cl)s2)c1. The summed E-state index contributed by atoms with van der Waals surface area (Å²) in [6.07, 6.45) is 5.89. The minimum Gasteiger partial charge on any atom is -0.378 e. The van der Waals surface area contributed by atoms with Crippen LogP contribution in [0.3, 0.4) is 0 Å². The summed E-state index contributed by atoms with van der Waals surface area (Å²) in [6, 6.07) is 10.4. The summed E-state index contributed by atoms with van der Waals surface area (Å²) in [6.45, 7) is 2.82. The van der Waals surface area contributed by atoms with Gasteiger partial charge in [-0.1, -0.05) is 17.7 Å². The highest BCUT2D eigenvalue weighted by atomic mass is 35.5. The van der Waals surface area contributed by atoms with Gasteiger partial charge in [0, 0.05) is 23.5 Å². The van der Waals surface area contributed by atoms with Crippen LogP contribution in [0.2, 0.25) is 4.47 Å². The van der Waals surface area contributed by atoms with E-state index >= 15 is 0 Å². The van der Waals surface area contributed by atoms with Crippen LogP contribution in [-0.2, 0) is 6.54 Å². The van der Waals surface area contributed by atoms with E-state index in [9.17, 15) is 0 Å². The molecule has 0 radical (unpaired) electrons. The molecule has 3 rings (SSSR count). The molecule has 20 heavy (non-hydrogen) atoms. The number of nitrogens with one attached hydrogen (secondary N) is 1. The fourth-order valence-corrected chi connectivity index (χ4v) is 2.98. The van der Waals surface area contributed by atoms with Gasteiger partial charge >= 0.3 is 0 Å². The molecule has 0 aliphatic heterocycles. The Hall–Kier alpha value is -1.78. The van der Waals surface area contributed by atoms with Crippen LogP contribution < -0.4 is 5.32 Å². The minimum atomic E-state index is 0.580. The molecule has 0 saturated heterocycles. The van der Waals surface area contributed by atoms with Crippen molar-refractivity contribution >= 4 is 28.6 Å². The molecule has 0 aliphatic carbocycles. The van der Waals surface area contributed by atoms with Gasteiger partial charge in [-0.05, 0) is 36.8 Å². The van der Waals surface area contributed by atoms with E-state index < -0.39 is 0 Å². The Balaban J connectivity index is 1.86. The van der Waals surface area contributed by atoms with Gasteiger partial charge in [-0.3, -0.25) is 0 Å². The molecular weight excluding hydrogens is 290 g/mol. The van der Waals surface area contributed by atoms with Crippen molar-refractivity contribution in [3.05, 3.63) is 63.8 Å². The average molecular weight is 304 g/mol. The predicted molar refractivity (Wildman–Crippen MR) is 85.0 cm³/mol. The van der Waals surface area contributed by atoms with Crippen LogP contribution >= 0.6 is 22.9 Å². The van der Waals surface area contributed by atoms with Gasteiger partial charge in [0.1, 0.15) is 0 Å². The van der Waals surface area contributed by atoms with E-state index in [4.69, 9.17) is 11.6 Å². The molecule has 0 atom stereocenters. The van der Waals surface area contributed by atoms with E-state index in [0.717, 1.165) is 22.8 Å². The number of rotatable bonds is 4. The van der Waals surface area contributed by atoms with Crippen LogP contribution in [0.5, 0.6) is 0 Å². The molecule has 0 spiro atoms. The van der Waals surface area contributed by atoms with Crippen molar-refractivity contribution in [3.8, 4) is 5.69 Å². The van der Waals surface area contributed by atoms with Crippen molar-refractivity contribution < 1.29 is 0 Å². The topological polar surface area (TPSA) is 29.9 Å². The third-order valence-corrected chi connectivity index (χ3v) is 4.13. The second kappa shape index (κ2) is 5.69. The van der Waals surface area contributed by atoms with Gasteiger partial charge < -0.3 is 9.88 Å². The molecule has 1 aromatic carbocycles. The van der Waals surface area contributed by atoms with Gasteiger partial charge in [-0.15, -0.1) is 11.3 Å². The molecule has 3 nitrogen and oxygen atoms in total. The zero-order chi connectivity index (χ0) is 13.9. The third-order valence-electron chi connectivity index (χ3n) is 3.01. The predicted octanol–water partition coefficient (Wildman–Crippen LogP) is 4.51. The molecule has 0 unspecified atom stereocenters. The number of halogens is 1. The quantitative estimate of drug-likeness (QED) is 0.768. The summed E-state index contributed by atoms with van der Waals surface area (Å²) in [5.74, 6) is 0. The number of thiazole rings is 1. The Morgan fingerprint density at radius 2 is 2.10 bits per heavy atom. The fraction of sp³-hybridized carbons (Fsp3) is 0.133. The van der Waals surface area contributed by atoms with Crippen LogP contribution in [0, 0.1) is 6.92 Å². The summed E-state index contributed by atoms with van der Waals surface area (Å²) in [5, 5.41) is 3.46. The Labute approximate surface area is 126 Å². The first-order chi connectivity index (χ1) is 9.72. The van der Waals surface area contributed by atoms with Crippen LogP contribution in [-0.4, -0.2) is 9.55 Å². The van der Waals surface area contributed by atoms with Crippen LogP contribution in [0.25, 0.3) is 5.69 Å². The summed E-state index contributed by atoms with van der Waals surface area (Å²) in [4.78, 5) is 5.18. The van der Waals surface area contributed by atoms with Crippen LogP contribution in [0.1, 0.15) is 10.4 Å². The molecule has 0 aliphatic rings. The van der Waals surface area contributed by atoms with Crippen molar-refractivity contribution in [3.63, 3.8) is 0 Å². The lowest BCUT2D eigenvalue weighted by molar-refractivity contribution is 1.06. The van der Waals surface area contributed by atoms with Gasteiger partial charge in [-0.2, -0.15) is 0 Å². The largest absolute Gasteiger partial charge is 0.378 e. The number of hydrogen-bond donors (Lipinski definition) is 1. The number of aryl methyl sites for hydroxylation is 1. The molecule has 1 N–H and O–H groups in total. The maximum absolute atomic E-state index is 5.86. The van der Waals surface area contributed by atoms with Gasteiger partial charge in [0.15, 0.2) is 4.47 Å². The molecule has 102 valence electrons. The molecule has 0 saturated carbocycles. The lowest BCUT2D eigenvalue weighted by Gasteiger charge is -2.13. The Morgan fingerprint density at radius 1 is 1.30 bits per heavy atom. The Morgan fingerprint density at radius 3 is 2.80 bits per heavy atom. The molecule has 2 aromatic heterocycles. The van der Waals surface area contributed by atoms with Crippen molar-refractivity contribution in [2.45, 2.75) is 13.5 Å². The van der Waals surface area contributed by atoms with E-state index in [-0.39, 0.29) is 0 Å². The number of aromatic nitrogens is 2. The van der Waals surface area contributed by atoms with Crippen LogP contribution in [0.15, 0.2) is 48.9 Å². The standard InChI is InChI=1S/C15H14ClN3S/c1-11-4-5-14(19-6-2-3-7-19)13(8-11)17-9-12-10-18-15(16)20-12/h2-8,10,17H,9H2,1H3. The molecule has 5 heteroatoms. The first-order valence-electron chi connectivity index (χ1n) is 6.30. The summed E-state index contributed by atoms with van der Waals surface area (Å²) in [5.41, 5.74) is 3.47. The molecular formula is C15H14ClN3S. The van der Waals surface area contributed by atoms with E-state index in [0.29, 0.717) is 4.47 Å². The van der Waals surface area contributed by atoms with Crippen molar-refractivity contribution in [2.24, 2.45) is 0 Å². The average Bonchev–Trinajstić information content (AvgIpc) is 3.08. The van der Waals surface area contributed by atoms with Gasteiger partial charge in [0.2, 0.25) is 0 Å². The van der Waals surface area contributed by atoms with Gasteiger partial charge in [0.25, 0.3) is 0 Å². The van der Waals surface area contributed by atoms with E-state index in [2.05, 4.69) is 40.0 Å². The van der Waals surface area contributed by atoms with E-state index in [1.54, 1.807) is 0 Å². The summed E-state index contributed by atoms with van der Waals surface area (Å²) >= 11 is 7.35. The zero-order valence-corrected chi connectivity index (χ0v) is 12.6. The maximum Gasteiger partial charge on any atom is 0.183 e. The van der Waals surface area contributed by atoms with Crippen molar-refractivity contribution in [1.82, 2.24) is 9.55 Å². The highest BCUT2D eigenvalue weighted by Crippen LogP contribution is 2.24. The molecule has 0 amide bonds. The smallest absolute Gasteiger partial charge is 0.183 e. The number of benzene rings is 1. The Kier molecular flexibility index (Phi) is 3.76. The Bertz CT molecular complexity index is 704. The number of anilines is 1. The second-order valence-corrected chi connectivity index (χ2v) is 6.24. The van der Waals surface area contributed by atoms with E-state index in [1.807, 2.05) is 30.7 Å². The highest BCUT2D eigenvalue weighted by Gasteiger charge is 2.05. The lowest BCUT2D eigenvalue weighted by atomic mass is 10.2. The second-order valence-electron chi connectivity index (χ2n) is 4.54. The monoisotopic (exact) mass is 303 g/mol. The summed E-state index contributed by atoms with van der Waals surface area (Å²) < 4.78 is 2.68. The number of nitrogens with zero attached hydrogens (tertiary/aromatic N) is 2. The first-order valence-corrected chi connectivity index (χ1v) is 7.50. The molecule has 0 bridgehead atoms. The lowest BCUT2D eigenvalue weighted by Crippen LogP contribution is -2.03. The third kappa shape index (κ3) is 2.86. The van der Waals surface area contributed by atoms with Crippen LogP contribution in [0.4, 0.5) is 5.69 Å². The molecule has 0 fully saturated rings. The first kappa shape index (κ1) is 13.2. The van der Waals surface area contributed by atoms with Gasteiger partial charge in [0.05, 0.1) is 17.9 Å². The minimum absolute atomic E-state index is 0.580. The van der Waals surface area contributed by atoms with Crippen molar-refractivity contribution in [2.75, 3.05) is 5.32 Å². The van der Waals surface area contributed by atoms with Gasteiger partial charge in [-0.25, -0.2) is 4.98 Å². The van der Waals surface area contributed by atoms with Crippen molar-refractivity contribution in [1.29, 1.82) is 0 Å². The number of hydrogen-bond acceptors (Lipinski definition) is 3. The fourth-order valence-electron chi connectivity index (χ4n) is 2.06. The highest BCUT2D eigenvalue weighted by molar-refractivity contribution is 7.15. The molecule has 3 aromatic rings.